The first-order chi connectivity index (χ1) is 9.56. The maximum atomic E-state index is 4.51. The van der Waals surface area contributed by atoms with Crippen molar-refractivity contribution in [1.82, 2.24) is 15.1 Å². The molecular formula is C16H23N3S. The first-order valence-corrected chi connectivity index (χ1v) is 8.22. The zero-order valence-corrected chi connectivity index (χ0v) is 13.6. The smallest absolute Gasteiger partial charge is 0.0644 e. The predicted molar refractivity (Wildman–Crippen MR) is 84.3 cm³/mol. The Labute approximate surface area is 125 Å². The summed E-state index contributed by atoms with van der Waals surface area (Å²) in [6.45, 7) is 7.44. The van der Waals surface area contributed by atoms with Crippen LogP contribution in [0.15, 0.2) is 6.07 Å². The number of nitrogens with one attached hydrogen (secondary N) is 1. The molecular weight excluding hydrogens is 266 g/mol. The lowest BCUT2D eigenvalue weighted by molar-refractivity contribution is 0.572. The van der Waals surface area contributed by atoms with Crippen molar-refractivity contribution in [1.29, 1.82) is 0 Å². The van der Waals surface area contributed by atoms with Gasteiger partial charge in [0.25, 0.3) is 0 Å². The third-order valence-corrected chi connectivity index (χ3v) is 5.62. The standard InChI is InChI=1S/C16H23N3S/c1-10(16-11(2)18-19(4)12(16)3)17-9-14-8-13-6-5-7-15(13)20-14/h8,10,17H,5-7,9H2,1-4H3. The molecule has 0 spiro atoms. The van der Waals surface area contributed by atoms with Gasteiger partial charge in [0.15, 0.2) is 0 Å². The van der Waals surface area contributed by atoms with Gasteiger partial charge in [-0.25, -0.2) is 0 Å². The first kappa shape index (κ1) is 13.8. The topological polar surface area (TPSA) is 29.9 Å². The van der Waals surface area contributed by atoms with Gasteiger partial charge >= 0.3 is 0 Å². The number of fused-ring (bicyclic) bond motifs is 1. The van der Waals surface area contributed by atoms with Gasteiger partial charge in [0.2, 0.25) is 0 Å². The SMILES string of the molecule is Cc1nn(C)c(C)c1C(C)NCc1cc2c(s1)CCC2. The van der Waals surface area contributed by atoms with Gasteiger partial charge in [0, 0.05) is 40.6 Å². The molecule has 0 fully saturated rings. The van der Waals surface area contributed by atoms with E-state index in [0.717, 1.165) is 12.2 Å². The largest absolute Gasteiger partial charge is 0.305 e. The lowest BCUT2D eigenvalue weighted by atomic mass is 10.1. The average Bonchev–Trinajstić information content (AvgIpc) is 3.02. The maximum absolute atomic E-state index is 4.51. The van der Waals surface area contributed by atoms with Gasteiger partial charge in [0.1, 0.15) is 0 Å². The Kier molecular flexibility index (Phi) is 3.69. The second kappa shape index (κ2) is 5.34. The molecule has 2 aromatic heterocycles. The van der Waals surface area contributed by atoms with E-state index in [-0.39, 0.29) is 0 Å². The Balaban J connectivity index is 1.68. The molecule has 1 unspecified atom stereocenters. The fourth-order valence-electron chi connectivity index (χ4n) is 3.25. The van der Waals surface area contributed by atoms with Crippen molar-refractivity contribution in [2.45, 2.75) is 52.6 Å². The highest BCUT2D eigenvalue weighted by Crippen LogP contribution is 2.31. The molecule has 0 bridgehead atoms. The molecule has 0 saturated heterocycles. The van der Waals surface area contributed by atoms with Crippen molar-refractivity contribution in [3.05, 3.63) is 38.3 Å². The van der Waals surface area contributed by atoms with Crippen LogP contribution < -0.4 is 5.32 Å². The maximum Gasteiger partial charge on any atom is 0.0644 e. The molecule has 108 valence electrons. The average molecular weight is 289 g/mol. The summed E-state index contributed by atoms with van der Waals surface area (Å²) < 4.78 is 1.97. The molecule has 0 aliphatic heterocycles. The molecule has 2 heterocycles. The molecule has 1 aliphatic rings. The lowest BCUT2D eigenvalue weighted by Gasteiger charge is -2.14. The highest BCUT2D eigenvalue weighted by molar-refractivity contribution is 7.12. The highest BCUT2D eigenvalue weighted by atomic mass is 32.1. The minimum absolute atomic E-state index is 0.348. The third-order valence-electron chi connectivity index (χ3n) is 4.38. The van der Waals surface area contributed by atoms with Gasteiger partial charge in [-0.05, 0) is 51.7 Å². The van der Waals surface area contributed by atoms with Crippen LogP contribution in [-0.2, 0) is 26.4 Å². The number of nitrogens with zero attached hydrogens (tertiary/aromatic N) is 2. The van der Waals surface area contributed by atoms with Gasteiger partial charge in [-0.3, -0.25) is 4.68 Å². The zero-order chi connectivity index (χ0) is 14.3. The molecule has 0 aromatic carbocycles. The molecule has 0 radical (unpaired) electrons. The summed E-state index contributed by atoms with van der Waals surface area (Å²) >= 11 is 1.99. The van der Waals surface area contributed by atoms with Gasteiger partial charge < -0.3 is 5.32 Å². The molecule has 0 amide bonds. The Morgan fingerprint density at radius 2 is 2.20 bits per heavy atom. The predicted octanol–water partition coefficient (Wildman–Crippen LogP) is 3.44. The van der Waals surface area contributed by atoms with Crippen molar-refractivity contribution < 1.29 is 0 Å². The second-order valence-corrected chi connectivity index (χ2v) is 7.05. The van der Waals surface area contributed by atoms with E-state index < -0.39 is 0 Å². The summed E-state index contributed by atoms with van der Waals surface area (Å²) in [4.78, 5) is 3.09. The monoisotopic (exact) mass is 289 g/mol. The van der Waals surface area contributed by atoms with Gasteiger partial charge in [-0.2, -0.15) is 5.10 Å². The highest BCUT2D eigenvalue weighted by Gasteiger charge is 2.18. The fourth-order valence-corrected chi connectivity index (χ4v) is 4.46. The normalized spacial score (nSPS) is 15.6. The van der Waals surface area contributed by atoms with Crippen LogP contribution in [0.1, 0.15) is 51.7 Å². The summed E-state index contributed by atoms with van der Waals surface area (Å²) in [7, 11) is 2.02. The van der Waals surface area contributed by atoms with Crippen molar-refractivity contribution >= 4 is 11.3 Å². The molecule has 3 rings (SSSR count). The van der Waals surface area contributed by atoms with E-state index in [0.29, 0.717) is 6.04 Å². The van der Waals surface area contributed by atoms with E-state index in [1.54, 1.807) is 10.4 Å². The quantitative estimate of drug-likeness (QED) is 0.934. The molecule has 2 aromatic rings. The van der Waals surface area contributed by atoms with Crippen molar-refractivity contribution in [2.75, 3.05) is 0 Å². The third kappa shape index (κ3) is 2.42. The molecule has 0 saturated carbocycles. The Bertz CT molecular complexity index is 602. The minimum Gasteiger partial charge on any atom is -0.305 e. The second-order valence-electron chi connectivity index (χ2n) is 5.83. The van der Waals surface area contributed by atoms with Crippen LogP contribution in [0.3, 0.4) is 0 Å². The summed E-state index contributed by atoms with van der Waals surface area (Å²) in [5.74, 6) is 0. The summed E-state index contributed by atoms with van der Waals surface area (Å²) in [6, 6.07) is 2.75. The molecule has 4 heteroatoms. The first-order valence-electron chi connectivity index (χ1n) is 7.40. The van der Waals surface area contributed by atoms with Crippen LogP contribution in [0.2, 0.25) is 0 Å². The van der Waals surface area contributed by atoms with Crippen LogP contribution in [0.5, 0.6) is 0 Å². The van der Waals surface area contributed by atoms with Gasteiger partial charge in [-0.15, -0.1) is 11.3 Å². The van der Waals surface area contributed by atoms with Gasteiger partial charge in [-0.1, -0.05) is 0 Å². The van der Waals surface area contributed by atoms with Crippen LogP contribution >= 0.6 is 11.3 Å². The fraction of sp³-hybridized carbons (Fsp3) is 0.562. The number of thiophene rings is 1. The zero-order valence-electron chi connectivity index (χ0n) is 12.8. The van der Waals surface area contributed by atoms with E-state index in [2.05, 4.69) is 37.3 Å². The van der Waals surface area contributed by atoms with Crippen LogP contribution in [0.25, 0.3) is 0 Å². The van der Waals surface area contributed by atoms with Crippen LogP contribution in [-0.4, -0.2) is 9.78 Å². The van der Waals surface area contributed by atoms with Gasteiger partial charge in [0.05, 0.1) is 5.69 Å². The van der Waals surface area contributed by atoms with E-state index >= 15 is 0 Å². The van der Waals surface area contributed by atoms with Crippen molar-refractivity contribution in [2.24, 2.45) is 7.05 Å². The van der Waals surface area contributed by atoms with Crippen molar-refractivity contribution in [3.8, 4) is 0 Å². The number of hydrogen-bond acceptors (Lipinski definition) is 3. The molecule has 1 atom stereocenters. The van der Waals surface area contributed by atoms with E-state index in [1.165, 1.54) is 35.4 Å². The minimum atomic E-state index is 0.348. The van der Waals surface area contributed by atoms with E-state index in [9.17, 15) is 0 Å². The Morgan fingerprint density at radius 1 is 1.40 bits per heavy atom. The summed E-state index contributed by atoms with van der Waals surface area (Å²) in [5, 5.41) is 8.16. The van der Waals surface area contributed by atoms with E-state index in [1.807, 2.05) is 23.1 Å². The summed E-state index contributed by atoms with van der Waals surface area (Å²) in [5.41, 5.74) is 5.33. The Hall–Kier alpha value is -1.13. The lowest BCUT2D eigenvalue weighted by Crippen LogP contribution is -2.18. The molecule has 3 nitrogen and oxygen atoms in total. The molecule has 20 heavy (non-hydrogen) atoms. The number of aromatic nitrogens is 2. The molecule has 1 aliphatic carbocycles. The number of hydrogen-bond donors (Lipinski definition) is 1. The van der Waals surface area contributed by atoms with Crippen molar-refractivity contribution in [3.63, 3.8) is 0 Å². The summed E-state index contributed by atoms with van der Waals surface area (Å²) in [6.07, 6.45) is 3.91. The van der Waals surface area contributed by atoms with Crippen LogP contribution in [0, 0.1) is 13.8 Å². The number of aryl methyl sites for hydroxylation is 4. The van der Waals surface area contributed by atoms with Crippen LogP contribution in [0.4, 0.5) is 0 Å². The number of rotatable bonds is 4. The Morgan fingerprint density at radius 3 is 2.85 bits per heavy atom. The van der Waals surface area contributed by atoms with E-state index in [4.69, 9.17) is 0 Å². The molecule has 1 N–H and O–H groups in total.